The lowest BCUT2D eigenvalue weighted by Crippen LogP contribution is -2.20. The number of hydrogen-bond acceptors (Lipinski definition) is 5. The van der Waals surface area contributed by atoms with Crippen LogP contribution in [0, 0.1) is 0 Å². The lowest BCUT2D eigenvalue weighted by Gasteiger charge is -2.08. The van der Waals surface area contributed by atoms with Crippen LogP contribution in [0.5, 0.6) is 11.6 Å². The van der Waals surface area contributed by atoms with Gasteiger partial charge in [0.2, 0.25) is 5.88 Å². The van der Waals surface area contributed by atoms with Crippen molar-refractivity contribution in [3.63, 3.8) is 0 Å². The molecule has 7 nitrogen and oxygen atoms in total. The predicted molar refractivity (Wildman–Crippen MR) is 106 cm³/mol. The lowest BCUT2D eigenvalue weighted by molar-refractivity contribution is -0.118. The van der Waals surface area contributed by atoms with Gasteiger partial charge in [-0.3, -0.25) is 4.79 Å². The van der Waals surface area contributed by atoms with Crippen molar-refractivity contribution < 1.29 is 14.3 Å². The quantitative estimate of drug-likeness (QED) is 0.559. The first-order chi connectivity index (χ1) is 13.7. The maximum absolute atomic E-state index is 12.2. The lowest BCUT2D eigenvalue weighted by atomic mass is 10.1. The Bertz CT molecular complexity index is 1110. The molecular formula is C21H18N4O3. The van der Waals surface area contributed by atoms with Crippen LogP contribution in [0.15, 0.2) is 72.9 Å². The number of hydrogen-bond donors (Lipinski definition) is 1. The van der Waals surface area contributed by atoms with Gasteiger partial charge in [-0.15, -0.1) is 5.10 Å². The number of methoxy groups -OCH3 is 1. The molecule has 2 heterocycles. The summed E-state index contributed by atoms with van der Waals surface area (Å²) in [6, 6.07) is 20.3. The van der Waals surface area contributed by atoms with Gasteiger partial charge in [0.1, 0.15) is 5.75 Å². The fraction of sp³-hybridized carbons (Fsp3) is 0.0952. The molecule has 0 atom stereocenters. The van der Waals surface area contributed by atoms with Gasteiger partial charge < -0.3 is 14.8 Å². The number of benzene rings is 2. The van der Waals surface area contributed by atoms with Crippen molar-refractivity contribution in [2.45, 2.75) is 0 Å². The second-order valence-corrected chi connectivity index (χ2v) is 6.04. The predicted octanol–water partition coefficient (Wildman–Crippen LogP) is 3.42. The molecule has 2 aromatic heterocycles. The Morgan fingerprint density at radius 1 is 1.07 bits per heavy atom. The summed E-state index contributed by atoms with van der Waals surface area (Å²) in [5, 5.41) is 7.15. The standard InChI is InChI=1S/C21H18N4O3/c1-27-21-11-10-19-23-18(13-25(19)24-21)15-6-5-7-16(12-15)22-20(26)14-28-17-8-3-2-4-9-17/h2-13H,14H2,1H3,(H,22,26). The fourth-order valence-electron chi connectivity index (χ4n) is 2.73. The summed E-state index contributed by atoms with van der Waals surface area (Å²) in [4.78, 5) is 16.7. The van der Waals surface area contributed by atoms with Crippen LogP contribution in [0.1, 0.15) is 0 Å². The number of aromatic nitrogens is 3. The number of ether oxygens (including phenoxy) is 2. The average Bonchev–Trinajstić information content (AvgIpc) is 3.16. The van der Waals surface area contributed by atoms with Gasteiger partial charge in [-0.25, -0.2) is 9.50 Å². The molecule has 0 bridgehead atoms. The minimum Gasteiger partial charge on any atom is -0.484 e. The van der Waals surface area contributed by atoms with Gasteiger partial charge in [0.25, 0.3) is 5.91 Å². The number of rotatable bonds is 6. The molecule has 0 aliphatic heterocycles. The van der Waals surface area contributed by atoms with E-state index in [2.05, 4.69) is 15.4 Å². The van der Waals surface area contributed by atoms with Gasteiger partial charge >= 0.3 is 0 Å². The largest absolute Gasteiger partial charge is 0.484 e. The Hall–Kier alpha value is -3.87. The van der Waals surface area contributed by atoms with E-state index in [0.29, 0.717) is 23.0 Å². The Morgan fingerprint density at radius 2 is 1.93 bits per heavy atom. The molecule has 28 heavy (non-hydrogen) atoms. The Labute approximate surface area is 161 Å². The number of carbonyl (C=O) groups is 1. The van der Waals surface area contributed by atoms with E-state index in [1.807, 2.05) is 54.7 Å². The molecule has 0 aliphatic carbocycles. The first-order valence-electron chi connectivity index (χ1n) is 8.70. The summed E-state index contributed by atoms with van der Waals surface area (Å²) in [5.74, 6) is 0.928. The summed E-state index contributed by atoms with van der Waals surface area (Å²) in [7, 11) is 1.57. The molecule has 0 spiro atoms. The van der Waals surface area contributed by atoms with Crippen molar-refractivity contribution in [1.29, 1.82) is 0 Å². The molecule has 7 heteroatoms. The molecule has 1 amide bonds. The van der Waals surface area contributed by atoms with E-state index in [4.69, 9.17) is 9.47 Å². The van der Waals surface area contributed by atoms with Crippen LogP contribution in [-0.2, 0) is 4.79 Å². The maximum Gasteiger partial charge on any atom is 0.262 e. The third-order valence-electron chi connectivity index (χ3n) is 4.06. The van der Waals surface area contributed by atoms with E-state index in [-0.39, 0.29) is 12.5 Å². The summed E-state index contributed by atoms with van der Waals surface area (Å²) in [6.45, 7) is -0.0632. The average molecular weight is 374 g/mol. The van der Waals surface area contributed by atoms with Crippen molar-refractivity contribution in [2.24, 2.45) is 0 Å². The second kappa shape index (κ2) is 7.79. The first-order valence-corrected chi connectivity index (χ1v) is 8.70. The van der Waals surface area contributed by atoms with Crippen molar-refractivity contribution >= 4 is 17.2 Å². The van der Waals surface area contributed by atoms with Crippen LogP contribution in [0.4, 0.5) is 5.69 Å². The molecule has 0 saturated heterocycles. The van der Waals surface area contributed by atoms with Crippen molar-refractivity contribution in [1.82, 2.24) is 14.6 Å². The number of para-hydroxylation sites is 1. The van der Waals surface area contributed by atoms with Crippen molar-refractivity contribution in [3.8, 4) is 22.9 Å². The number of nitrogens with zero attached hydrogens (tertiary/aromatic N) is 3. The van der Waals surface area contributed by atoms with E-state index in [1.54, 1.807) is 29.8 Å². The van der Waals surface area contributed by atoms with Crippen molar-refractivity contribution in [3.05, 3.63) is 72.9 Å². The summed E-state index contributed by atoms with van der Waals surface area (Å²) >= 11 is 0. The van der Waals surface area contributed by atoms with E-state index < -0.39 is 0 Å². The normalized spacial score (nSPS) is 10.6. The number of carbonyl (C=O) groups excluding carboxylic acids is 1. The van der Waals surface area contributed by atoms with Gasteiger partial charge in [-0.05, 0) is 30.3 Å². The Morgan fingerprint density at radius 3 is 2.75 bits per heavy atom. The van der Waals surface area contributed by atoms with Crippen LogP contribution in [0.3, 0.4) is 0 Å². The highest BCUT2D eigenvalue weighted by Crippen LogP contribution is 2.23. The number of fused-ring (bicyclic) bond motifs is 1. The highest BCUT2D eigenvalue weighted by molar-refractivity contribution is 5.92. The maximum atomic E-state index is 12.2. The van der Waals surface area contributed by atoms with Gasteiger partial charge in [0, 0.05) is 17.3 Å². The highest BCUT2D eigenvalue weighted by atomic mass is 16.5. The molecule has 1 N–H and O–H groups in total. The molecule has 0 radical (unpaired) electrons. The van der Waals surface area contributed by atoms with E-state index >= 15 is 0 Å². The molecule has 0 saturated carbocycles. The zero-order valence-corrected chi connectivity index (χ0v) is 15.2. The van der Waals surface area contributed by atoms with Crippen LogP contribution < -0.4 is 14.8 Å². The number of nitrogens with one attached hydrogen (secondary N) is 1. The Balaban J connectivity index is 1.47. The van der Waals surface area contributed by atoms with Gasteiger partial charge in [-0.1, -0.05) is 30.3 Å². The molecule has 0 aliphatic rings. The number of anilines is 1. The molecule has 2 aromatic carbocycles. The Kier molecular flexibility index (Phi) is 4.88. The molecule has 0 unspecified atom stereocenters. The van der Waals surface area contributed by atoms with Crippen LogP contribution in [-0.4, -0.2) is 34.2 Å². The number of imidazole rings is 1. The fourth-order valence-corrected chi connectivity index (χ4v) is 2.73. The van der Waals surface area contributed by atoms with E-state index in [0.717, 1.165) is 11.3 Å². The summed E-state index contributed by atoms with van der Waals surface area (Å²) in [5.41, 5.74) is 2.99. The zero-order valence-electron chi connectivity index (χ0n) is 15.2. The van der Waals surface area contributed by atoms with Crippen LogP contribution in [0.25, 0.3) is 16.9 Å². The van der Waals surface area contributed by atoms with Crippen molar-refractivity contribution in [2.75, 3.05) is 19.0 Å². The smallest absolute Gasteiger partial charge is 0.262 e. The SMILES string of the molecule is COc1ccc2nc(-c3cccc(NC(=O)COc4ccccc4)c3)cn2n1. The molecule has 140 valence electrons. The monoisotopic (exact) mass is 374 g/mol. The third kappa shape index (κ3) is 3.93. The van der Waals surface area contributed by atoms with Gasteiger partial charge in [-0.2, -0.15) is 0 Å². The van der Waals surface area contributed by atoms with E-state index in [1.165, 1.54) is 0 Å². The topological polar surface area (TPSA) is 77.8 Å². The molecular weight excluding hydrogens is 356 g/mol. The van der Waals surface area contributed by atoms with E-state index in [9.17, 15) is 4.79 Å². The van der Waals surface area contributed by atoms with Gasteiger partial charge in [0.15, 0.2) is 12.3 Å². The summed E-state index contributed by atoms with van der Waals surface area (Å²) in [6.07, 6.45) is 1.82. The second-order valence-electron chi connectivity index (χ2n) is 6.04. The van der Waals surface area contributed by atoms with Crippen LogP contribution >= 0.6 is 0 Å². The first kappa shape index (κ1) is 17.5. The minimum absolute atomic E-state index is 0.0632. The van der Waals surface area contributed by atoms with Gasteiger partial charge in [0.05, 0.1) is 19.0 Å². The highest BCUT2D eigenvalue weighted by Gasteiger charge is 2.09. The minimum atomic E-state index is -0.234. The zero-order chi connectivity index (χ0) is 19.3. The molecule has 0 fully saturated rings. The third-order valence-corrected chi connectivity index (χ3v) is 4.06. The number of amides is 1. The molecule has 4 aromatic rings. The summed E-state index contributed by atoms with van der Waals surface area (Å²) < 4.78 is 12.3. The van der Waals surface area contributed by atoms with Crippen LogP contribution in [0.2, 0.25) is 0 Å². The molecule has 4 rings (SSSR count).